The number of pyridine rings is 1. The number of hydrogen-bond donors (Lipinski definition) is 1. The van der Waals surface area contributed by atoms with E-state index >= 15 is 0 Å². The Labute approximate surface area is 116 Å². The van der Waals surface area contributed by atoms with Crippen LogP contribution < -0.4 is 5.73 Å². The zero-order chi connectivity index (χ0) is 14.3. The molecule has 0 saturated heterocycles. The Kier molecular flexibility index (Phi) is 2.89. The molecule has 0 aliphatic heterocycles. The Bertz CT molecular complexity index is 729. The summed E-state index contributed by atoms with van der Waals surface area (Å²) < 4.78 is 1.58. The average Bonchev–Trinajstić information content (AvgIpc) is 2.85. The van der Waals surface area contributed by atoms with E-state index in [1.165, 1.54) is 0 Å². The second-order valence-electron chi connectivity index (χ2n) is 4.98. The van der Waals surface area contributed by atoms with Crippen molar-refractivity contribution in [2.24, 2.45) is 5.92 Å². The molecule has 5 nitrogen and oxygen atoms in total. The molecule has 0 aromatic carbocycles. The predicted molar refractivity (Wildman–Crippen MR) is 79.3 cm³/mol. The van der Waals surface area contributed by atoms with E-state index in [0.717, 1.165) is 18.5 Å². The van der Waals surface area contributed by atoms with Gasteiger partial charge in [-0.15, -0.1) is 6.58 Å². The van der Waals surface area contributed by atoms with Crippen molar-refractivity contribution in [3.05, 3.63) is 36.7 Å². The standard InChI is InChI=1S/C15H16N4O/c1-3-5-9-6-7-11-12(14(9)20)13(16)10-8-17-19(4-2)15(10)18-11/h3-4,8-9H,1-2,5-7H2,(H2,16,18). The molecule has 1 unspecified atom stereocenters. The van der Waals surface area contributed by atoms with Gasteiger partial charge in [0.2, 0.25) is 0 Å². The molecule has 0 spiro atoms. The normalized spacial score (nSPS) is 18.0. The molecule has 2 heterocycles. The van der Waals surface area contributed by atoms with Crippen molar-refractivity contribution in [1.82, 2.24) is 14.8 Å². The zero-order valence-corrected chi connectivity index (χ0v) is 11.2. The first kappa shape index (κ1) is 12.6. The topological polar surface area (TPSA) is 73.8 Å². The maximum Gasteiger partial charge on any atom is 0.170 e. The molecule has 1 aliphatic rings. The smallest absolute Gasteiger partial charge is 0.170 e. The highest BCUT2D eigenvalue weighted by molar-refractivity contribution is 6.09. The number of ketones is 1. The van der Waals surface area contributed by atoms with Crippen molar-refractivity contribution in [3.63, 3.8) is 0 Å². The Morgan fingerprint density at radius 2 is 2.30 bits per heavy atom. The van der Waals surface area contributed by atoms with Crippen LogP contribution in [0.25, 0.3) is 17.2 Å². The van der Waals surface area contributed by atoms with Gasteiger partial charge in [0.15, 0.2) is 11.4 Å². The fourth-order valence-corrected chi connectivity index (χ4v) is 2.79. The summed E-state index contributed by atoms with van der Waals surface area (Å²) >= 11 is 0. The van der Waals surface area contributed by atoms with Crippen molar-refractivity contribution < 1.29 is 4.79 Å². The van der Waals surface area contributed by atoms with Crippen LogP contribution in [0.15, 0.2) is 25.4 Å². The Hall–Kier alpha value is -2.43. The summed E-state index contributed by atoms with van der Waals surface area (Å²) in [6.45, 7) is 7.40. The van der Waals surface area contributed by atoms with E-state index in [9.17, 15) is 4.79 Å². The SMILES string of the molecule is C=CCC1CCc2nc3c(cnn3C=C)c(N)c2C1=O. The molecule has 2 N–H and O–H groups in total. The van der Waals surface area contributed by atoms with Crippen LogP contribution in [0.5, 0.6) is 0 Å². The van der Waals surface area contributed by atoms with Crippen molar-refractivity contribution in [1.29, 1.82) is 0 Å². The number of rotatable bonds is 3. The lowest BCUT2D eigenvalue weighted by atomic mass is 9.82. The van der Waals surface area contributed by atoms with Crippen molar-refractivity contribution in [2.45, 2.75) is 19.3 Å². The van der Waals surface area contributed by atoms with Crippen LogP contribution in [0.3, 0.4) is 0 Å². The molecule has 0 saturated carbocycles. The molecule has 2 aromatic heterocycles. The van der Waals surface area contributed by atoms with Crippen molar-refractivity contribution in [2.75, 3.05) is 5.73 Å². The second kappa shape index (κ2) is 4.59. The molecule has 0 fully saturated rings. The van der Waals surface area contributed by atoms with Gasteiger partial charge in [-0.1, -0.05) is 12.7 Å². The summed E-state index contributed by atoms with van der Waals surface area (Å²) in [7, 11) is 0. The molecule has 1 atom stereocenters. The molecule has 20 heavy (non-hydrogen) atoms. The van der Waals surface area contributed by atoms with E-state index in [4.69, 9.17) is 5.73 Å². The number of nitrogen functional groups attached to an aromatic ring is 1. The second-order valence-corrected chi connectivity index (χ2v) is 4.98. The molecule has 3 rings (SSSR count). The minimum atomic E-state index is -0.0315. The third-order valence-corrected chi connectivity index (χ3v) is 3.83. The fourth-order valence-electron chi connectivity index (χ4n) is 2.79. The largest absolute Gasteiger partial charge is 0.397 e. The fraction of sp³-hybridized carbons (Fsp3) is 0.267. The Balaban J connectivity index is 2.21. The number of aryl methyl sites for hydroxylation is 1. The van der Waals surface area contributed by atoms with Crippen LogP contribution in [-0.4, -0.2) is 20.5 Å². The van der Waals surface area contributed by atoms with Crippen LogP contribution in [0.1, 0.15) is 28.9 Å². The van der Waals surface area contributed by atoms with Gasteiger partial charge >= 0.3 is 0 Å². The van der Waals surface area contributed by atoms with Crippen LogP contribution in [0, 0.1) is 5.92 Å². The molecular weight excluding hydrogens is 252 g/mol. The highest BCUT2D eigenvalue weighted by atomic mass is 16.1. The molecule has 5 heteroatoms. The van der Waals surface area contributed by atoms with Crippen LogP contribution in [0.2, 0.25) is 0 Å². The first-order chi connectivity index (χ1) is 9.67. The van der Waals surface area contributed by atoms with E-state index < -0.39 is 0 Å². The van der Waals surface area contributed by atoms with Gasteiger partial charge in [0, 0.05) is 12.1 Å². The van der Waals surface area contributed by atoms with Gasteiger partial charge in [0.25, 0.3) is 0 Å². The zero-order valence-electron chi connectivity index (χ0n) is 11.2. The minimum Gasteiger partial charge on any atom is -0.397 e. The highest BCUT2D eigenvalue weighted by Gasteiger charge is 2.31. The predicted octanol–water partition coefficient (Wildman–Crippen LogP) is 2.44. The third-order valence-electron chi connectivity index (χ3n) is 3.83. The first-order valence-corrected chi connectivity index (χ1v) is 6.60. The molecule has 0 radical (unpaired) electrons. The maximum atomic E-state index is 12.5. The van der Waals surface area contributed by atoms with E-state index in [1.54, 1.807) is 23.2 Å². The van der Waals surface area contributed by atoms with Crippen LogP contribution in [0.4, 0.5) is 5.69 Å². The van der Waals surface area contributed by atoms with Crippen LogP contribution in [-0.2, 0) is 6.42 Å². The molecule has 0 bridgehead atoms. The lowest BCUT2D eigenvalue weighted by molar-refractivity contribution is 0.0903. The van der Waals surface area contributed by atoms with Gasteiger partial charge in [-0.25, -0.2) is 9.67 Å². The number of carbonyl (C=O) groups is 1. The number of hydrogen-bond acceptors (Lipinski definition) is 4. The number of fused-ring (bicyclic) bond motifs is 2. The summed E-state index contributed by atoms with van der Waals surface area (Å²) in [5, 5.41) is 4.86. The molecular formula is C15H16N4O. The van der Waals surface area contributed by atoms with Gasteiger partial charge < -0.3 is 5.73 Å². The summed E-state index contributed by atoms with van der Waals surface area (Å²) in [6.07, 6.45) is 7.21. The summed E-state index contributed by atoms with van der Waals surface area (Å²) in [5.74, 6) is 0.0420. The molecule has 1 aliphatic carbocycles. The number of nitrogens with two attached hydrogens (primary N) is 1. The van der Waals surface area contributed by atoms with Crippen molar-refractivity contribution >= 4 is 28.7 Å². The number of aromatic nitrogens is 3. The summed E-state index contributed by atoms with van der Waals surface area (Å²) in [6, 6.07) is 0. The van der Waals surface area contributed by atoms with Crippen LogP contribution >= 0.6 is 0 Å². The van der Waals surface area contributed by atoms with E-state index in [0.29, 0.717) is 28.7 Å². The number of Topliss-reactive ketones (excluding diaryl/α,β-unsaturated/α-hetero) is 1. The van der Waals surface area contributed by atoms with Gasteiger partial charge in [-0.2, -0.15) is 5.10 Å². The lowest BCUT2D eigenvalue weighted by Gasteiger charge is -2.23. The molecule has 102 valence electrons. The molecule has 0 amide bonds. The quantitative estimate of drug-likeness (QED) is 0.868. The Morgan fingerprint density at radius 1 is 1.50 bits per heavy atom. The lowest BCUT2D eigenvalue weighted by Crippen LogP contribution is -2.24. The van der Waals surface area contributed by atoms with Crippen molar-refractivity contribution in [3.8, 4) is 0 Å². The summed E-state index contributed by atoms with van der Waals surface area (Å²) in [5.41, 5.74) is 8.66. The van der Waals surface area contributed by atoms with E-state index in [2.05, 4.69) is 23.2 Å². The highest BCUT2D eigenvalue weighted by Crippen LogP contribution is 2.34. The average molecular weight is 268 g/mol. The van der Waals surface area contributed by atoms with E-state index in [1.807, 2.05) is 0 Å². The Morgan fingerprint density at radius 3 is 3.00 bits per heavy atom. The number of nitrogens with zero attached hydrogens (tertiary/aromatic N) is 3. The number of anilines is 1. The maximum absolute atomic E-state index is 12.5. The van der Waals surface area contributed by atoms with Gasteiger partial charge in [0.05, 0.1) is 28.5 Å². The van der Waals surface area contributed by atoms with Gasteiger partial charge in [0.1, 0.15) is 0 Å². The minimum absolute atomic E-state index is 0.0315. The van der Waals surface area contributed by atoms with Gasteiger partial charge in [-0.05, 0) is 19.3 Å². The first-order valence-electron chi connectivity index (χ1n) is 6.60. The molecule has 2 aromatic rings. The summed E-state index contributed by atoms with van der Waals surface area (Å²) in [4.78, 5) is 17.1. The monoisotopic (exact) mass is 268 g/mol. The number of carbonyl (C=O) groups excluding carboxylic acids is 1. The van der Waals surface area contributed by atoms with Gasteiger partial charge in [-0.3, -0.25) is 4.79 Å². The third kappa shape index (κ3) is 1.66. The van der Waals surface area contributed by atoms with E-state index in [-0.39, 0.29) is 11.7 Å². The number of allylic oxidation sites excluding steroid dienone is 1.